The highest BCUT2D eigenvalue weighted by molar-refractivity contribution is 8.13. The Balaban J connectivity index is 1.55. The van der Waals surface area contributed by atoms with Gasteiger partial charge in [-0.2, -0.15) is 17.0 Å². The van der Waals surface area contributed by atoms with E-state index in [9.17, 15) is 0 Å². The van der Waals surface area contributed by atoms with E-state index in [2.05, 4.69) is 33.4 Å². The van der Waals surface area contributed by atoms with Gasteiger partial charge in [-0.15, -0.1) is 0 Å². The van der Waals surface area contributed by atoms with Crippen LogP contribution in [-0.4, -0.2) is 41.7 Å². The van der Waals surface area contributed by atoms with Crippen LogP contribution in [-0.2, 0) is 12.3 Å². The number of hydrogen-bond donors (Lipinski definition) is 1. The number of nitrogens with one attached hydrogen (secondary N) is 1. The Morgan fingerprint density at radius 2 is 2.19 bits per heavy atom. The zero-order valence-corrected chi connectivity index (χ0v) is 17.4. The van der Waals surface area contributed by atoms with E-state index in [1.54, 1.807) is 11.8 Å². The van der Waals surface area contributed by atoms with Crippen LogP contribution < -0.4 is 5.32 Å². The summed E-state index contributed by atoms with van der Waals surface area (Å²) in [6.07, 6.45) is 9.69. The number of amidine groups is 1. The van der Waals surface area contributed by atoms with Gasteiger partial charge in [-0.3, -0.25) is 15.2 Å². The van der Waals surface area contributed by atoms with Gasteiger partial charge in [0.05, 0.1) is 18.6 Å². The number of aliphatic imine (C=N–C) groups is 1. The summed E-state index contributed by atoms with van der Waals surface area (Å²) in [6, 6.07) is 6.70. The molecule has 144 valence electrons. The van der Waals surface area contributed by atoms with Gasteiger partial charge in [0.15, 0.2) is 11.4 Å². The second-order valence-electron chi connectivity index (χ2n) is 6.60. The molecule has 0 radical (unpaired) electrons. The smallest absolute Gasteiger partial charge is 0.183 e. The van der Waals surface area contributed by atoms with Crippen molar-refractivity contribution >= 4 is 39.5 Å². The van der Waals surface area contributed by atoms with Crippen LogP contribution in [0.3, 0.4) is 0 Å². The molecule has 1 aliphatic heterocycles. The highest BCUT2D eigenvalue weighted by Gasteiger charge is 2.12. The number of furan rings is 1. The third-order valence-electron chi connectivity index (χ3n) is 4.68. The zero-order valence-electron chi connectivity index (χ0n) is 15.7. The first-order chi connectivity index (χ1) is 13.3. The van der Waals surface area contributed by atoms with Crippen molar-refractivity contribution in [3.05, 3.63) is 35.8 Å². The number of hydrogen-bond acceptors (Lipinski definition) is 6. The fourth-order valence-electron chi connectivity index (χ4n) is 3.31. The van der Waals surface area contributed by atoms with Crippen molar-refractivity contribution in [1.29, 1.82) is 5.26 Å². The lowest BCUT2D eigenvalue weighted by molar-refractivity contribution is 0.221. The van der Waals surface area contributed by atoms with Crippen molar-refractivity contribution in [3.8, 4) is 6.19 Å². The third-order valence-corrected chi connectivity index (χ3v) is 6.24. The summed E-state index contributed by atoms with van der Waals surface area (Å²) in [5, 5.41) is 14.3. The van der Waals surface area contributed by atoms with Gasteiger partial charge in [0.2, 0.25) is 0 Å². The molecule has 1 aliphatic rings. The molecule has 0 aliphatic carbocycles. The fourth-order valence-corrected chi connectivity index (χ4v) is 4.45. The summed E-state index contributed by atoms with van der Waals surface area (Å²) < 4.78 is 5.82. The number of rotatable bonds is 7. The van der Waals surface area contributed by atoms with Crippen LogP contribution in [0.25, 0.3) is 10.8 Å². The Kier molecular flexibility index (Phi) is 7.93. The molecule has 0 spiro atoms. The molecule has 0 bridgehead atoms. The van der Waals surface area contributed by atoms with Crippen molar-refractivity contribution in [1.82, 2.24) is 10.2 Å². The molecule has 1 aromatic carbocycles. The number of nitrogens with zero attached hydrogens (tertiary/aromatic N) is 3. The van der Waals surface area contributed by atoms with E-state index in [-0.39, 0.29) is 0 Å². The van der Waals surface area contributed by atoms with Gasteiger partial charge in [-0.1, -0.05) is 30.3 Å². The molecule has 2 aromatic rings. The van der Waals surface area contributed by atoms with Crippen LogP contribution in [0.1, 0.15) is 30.6 Å². The Morgan fingerprint density at radius 3 is 2.96 bits per heavy atom. The molecule has 1 saturated heterocycles. The molecule has 1 fully saturated rings. The minimum atomic E-state index is 0.670. The molecule has 2 heterocycles. The summed E-state index contributed by atoms with van der Waals surface area (Å²) in [4.78, 5) is 6.93. The van der Waals surface area contributed by atoms with E-state index in [0.29, 0.717) is 11.7 Å². The SMILES string of the molecule is CSC(=NCCSCc1occ2ccc(CN3CCCCC3)cc12)NC#N. The summed E-state index contributed by atoms with van der Waals surface area (Å²) in [5.74, 6) is 2.78. The number of fused-ring (bicyclic) bond motifs is 1. The number of benzene rings is 1. The molecule has 0 atom stereocenters. The third kappa shape index (κ3) is 5.93. The van der Waals surface area contributed by atoms with Gasteiger partial charge in [0.1, 0.15) is 5.76 Å². The molecule has 0 saturated carbocycles. The number of thioether (sulfide) groups is 2. The van der Waals surface area contributed by atoms with Gasteiger partial charge in [0.25, 0.3) is 0 Å². The average Bonchev–Trinajstić information content (AvgIpc) is 3.10. The zero-order chi connectivity index (χ0) is 18.9. The first kappa shape index (κ1) is 20.1. The summed E-state index contributed by atoms with van der Waals surface area (Å²) in [5.41, 5.74) is 1.37. The van der Waals surface area contributed by atoms with E-state index >= 15 is 0 Å². The Bertz CT molecular complexity index is 806. The molecule has 3 rings (SSSR count). The number of nitriles is 1. The fraction of sp³-hybridized carbons (Fsp3) is 0.500. The quantitative estimate of drug-likeness (QED) is 0.243. The average molecular weight is 403 g/mol. The topological polar surface area (TPSA) is 64.6 Å². The largest absolute Gasteiger partial charge is 0.467 e. The van der Waals surface area contributed by atoms with E-state index in [0.717, 1.165) is 23.8 Å². The number of piperidine rings is 1. The van der Waals surface area contributed by atoms with Gasteiger partial charge in [-0.25, -0.2) is 0 Å². The van der Waals surface area contributed by atoms with Crippen molar-refractivity contribution in [3.63, 3.8) is 0 Å². The van der Waals surface area contributed by atoms with E-state index in [4.69, 9.17) is 9.68 Å². The summed E-state index contributed by atoms with van der Waals surface area (Å²) in [6.45, 7) is 4.15. The molecular formula is C20H26N4OS2. The van der Waals surface area contributed by atoms with Gasteiger partial charge >= 0.3 is 0 Å². The minimum absolute atomic E-state index is 0.670. The van der Waals surface area contributed by atoms with Crippen LogP contribution >= 0.6 is 23.5 Å². The molecule has 1 aromatic heterocycles. The van der Waals surface area contributed by atoms with Crippen molar-refractivity contribution in [2.75, 3.05) is 31.6 Å². The Morgan fingerprint density at radius 1 is 1.33 bits per heavy atom. The Labute approximate surface area is 169 Å². The maximum Gasteiger partial charge on any atom is 0.183 e. The molecule has 1 N–H and O–H groups in total. The van der Waals surface area contributed by atoms with Crippen LogP contribution in [0, 0.1) is 11.5 Å². The van der Waals surface area contributed by atoms with E-state index in [1.165, 1.54) is 60.4 Å². The second-order valence-corrected chi connectivity index (χ2v) is 8.50. The predicted octanol–water partition coefficient (Wildman–Crippen LogP) is 4.44. The van der Waals surface area contributed by atoms with Gasteiger partial charge in [0, 0.05) is 23.1 Å². The maximum absolute atomic E-state index is 8.65. The van der Waals surface area contributed by atoms with E-state index < -0.39 is 0 Å². The molecule has 0 amide bonds. The minimum Gasteiger partial charge on any atom is -0.467 e. The lowest BCUT2D eigenvalue weighted by Gasteiger charge is -2.26. The predicted molar refractivity (Wildman–Crippen MR) is 116 cm³/mol. The van der Waals surface area contributed by atoms with Crippen molar-refractivity contribution < 1.29 is 4.42 Å². The van der Waals surface area contributed by atoms with Gasteiger partial charge in [-0.05, 0) is 43.8 Å². The summed E-state index contributed by atoms with van der Waals surface area (Å²) >= 11 is 3.26. The van der Waals surface area contributed by atoms with Crippen LogP contribution in [0.15, 0.2) is 33.9 Å². The monoisotopic (exact) mass is 402 g/mol. The summed E-state index contributed by atoms with van der Waals surface area (Å²) in [7, 11) is 0. The molecule has 0 unspecified atom stereocenters. The highest BCUT2D eigenvalue weighted by atomic mass is 32.2. The molecule has 27 heavy (non-hydrogen) atoms. The van der Waals surface area contributed by atoms with Crippen LogP contribution in [0.2, 0.25) is 0 Å². The van der Waals surface area contributed by atoms with Gasteiger partial charge < -0.3 is 4.42 Å². The highest BCUT2D eigenvalue weighted by Crippen LogP contribution is 2.27. The first-order valence-electron chi connectivity index (χ1n) is 9.33. The first-order valence-corrected chi connectivity index (χ1v) is 11.7. The molecule has 7 heteroatoms. The second kappa shape index (κ2) is 10.6. The lowest BCUT2D eigenvalue weighted by Crippen LogP contribution is -2.29. The maximum atomic E-state index is 8.65. The Hall–Kier alpha value is -1.62. The lowest BCUT2D eigenvalue weighted by atomic mass is 10.1. The normalized spacial score (nSPS) is 15.8. The van der Waals surface area contributed by atoms with Crippen molar-refractivity contribution in [2.24, 2.45) is 4.99 Å². The molecule has 5 nitrogen and oxygen atoms in total. The number of likely N-dealkylation sites (tertiary alicyclic amines) is 1. The standard InChI is InChI=1S/C20H26N4OS2/c1-26-20(23-15-21)22-7-10-27-14-19-18-11-16(5-6-17(18)13-25-19)12-24-8-3-2-4-9-24/h5-6,11,13H,2-4,7-10,12,14H2,1H3,(H,22,23). The van der Waals surface area contributed by atoms with Crippen molar-refractivity contribution in [2.45, 2.75) is 31.6 Å². The molecular weight excluding hydrogens is 376 g/mol. The van der Waals surface area contributed by atoms with Crippen LogP contribution in [0.4, 0.5) is 0 Å². The van der Waals surface area contributed by atoms with E-state index in [1.807, 2.05) is 18.7 Å². The van der Waals surface area contributed by atoms with Crippen LogP contribution in [0.5, 0.6) is 0 Å².